The molecule has 13 nitrogen and oxygen atoms in total. The van der Waals surface area contributed by atoms with E-state index in [-0.39, 0.29) is 32.0 Å². The van der Waals surface area contributed by atoms with E-state index in [1.165, 1.54) is 21.7 Å². The van der Waals surface area contributed by atoms with Crippen LogP contribution in [0.15, 0.2) is 77.7 Å². The lowest BCUT2D eigenvalue weighted by Gasteiger charge is -2.25. The number of aromatic nitrogens is 2. The highest BCUT2D eigenvalue weighted by molar-refractivity contribution is 6.32. The molecule has 2 saturated heterocycles. The number of benzene rings is 2. The Bertz CT molecular complexity index is 1560. The first-order valence-electron chi connectivity index (χ1n) is 14.8. The van der Waals surface area contributed by atoms with E-state index in [1.54, 1.807) is 0 Å². The summed E-state index contributed by atoms with van der Waals surface area (Å²) in [5.74, 6) is -3.14. The van der Waals surface area contributed by atoms with Crippen LogP contribution in [0.4, 0.5) is 5.82 Å². The molecule has 1 aromatic heterocycles. The molecule has 45 heavy (non-hydrogen) atoms. The standard InChI is InChI=1S/C32H35N5O8/c33-26-15-17-37(32(42)35-26)27-14-13-23(45-27)20-44-31(41)29(39)36-16-7-12-25(36)28(38)34-24(18-21-8-3-1-4-9-21)30(40)43-19-22-10-5-2-6-11-22/h1-6,8-11,15,17,23-25,27H,7,12-14,16,18-20H2,(H,34,38)(H2,33,35,42)/t23-,24+,25?,27+/m0/s1. The van der Waals surface area contributed by atoms with Gasteiger partial charge in [0.2, 0.25) is 5.91 Å². The summed E-state index contributed by atoms with van der Waals surface area (Å²) in [7, 11) is 0. The van der Waals surface area contributed by atoms with Crippen LogP contribution in [-0.4, -0.2) is 69.5 Å². The van der Waals surface area contributed by atoms with Crippen LogP contribution >= 0.6 is 0 Å². The van der Waals surface area contributed by atoms with E-state index in [2.05, 4.69) is 10.3 Å². The van der Waals surface area contributed by atoms with Crippen LogP contribution in [0, 0.1) is 0 Å². The number of carbonyl (C=O) groups excluding carboxylic acids is 4. The van der Waals surface area contributed by atoms with Crippen LogP contribution in [0.3, 0.4) is 0 Å². The smallest absolute Gasteiger partial charge is 0.397 e. The number of nitrogens with two attached hydrogens (primary N) is 1. The number of nitrogens with one attached hydrogen (secondary N) is 1. The Morgan fingerprint density at radius 1 is 0.956 bits per heavy atom. The highest BCUT2D eigenvalue weighted by atomic mass is 16.6. The zero-order chi connectivity index (χ0) is 31.8. The molecule has 13 heteroatoms. The fourth-order valence-electron chi connectivity index (χ4n) is 5.43. The van der Waals surface area contributed by atoms with Gasteiger partial charge in [0.05, 0.1) is 6.10 Å². The molecular formula is C32H35N5O8. The molecule has 2 amide bonds. The summed E-state index contributed by atoms with van der Waals surface area (Å²) >= 11 is 0. The third-order valence-electron chi connectivity index (χ3n) is 7.75. The van der Waals surface area contributed by atoms with Crippen molar-refractivity contribution >= 4 is 29.6 Å². The zero-order valence-corrected chi connectivity index (χ0v) is 24.6. The Balaban J connectivity index is 1.16. The number of likely N-dealkylation sites (tertiary alicyclic amines) is 1. The molecule has 236 valence electrons. The molecule has 3 aromatic rings. The zero-order valence-electron chi connectivity index (χ0n) is 24.6. The minimum atomic E-state index is -1.11. The van der Waals surface area contributed by atoms with Crippen LogP contribution < -0.4 is 16.7 Å². The van der Waals surface area contributed by atoms with Gasteiger partial charge in [0.25, 0.3) is 0 Å². The maximum absolute atomic E-state index is 13.4. The number of hydrogen-bond acceptors (Lipinski definition) is 10. The number of ether oxygens (including phenoxy) is 3. The molecule has 2 aromatic carbocycles. The van der Waals surface area contributed by atoms with Crippen molar-refractivity contribution < 1.29 is 33.4 Å². The largest absolute Gasteiger partial charge is 0.459 e. The molecule has 1 unspecified atom stereocenters. The van der Waals surface area contributed by atoms with E-state index >= 15 is 0 Å². The Labute approximate surface area is 259 Å². The SMILES string of the molecule is Nc1ccn([C@H]2CC[C@@H](COC(=O)C(=O)N3CCCC3C(=O)N[C@H](Cc3ccccc3)C(=O)OCc3ccccc3)O2)c(=O)n1. The van der Waals surface area contributed by atoms with Crippen LogP contribution in [-0.2, 0) is 46.4 Å². The van der Waals surface area contributed by atoms with Gasteiger partial charge >= 0.3 is 23.5 Å². The molecular weight excluding hydrogens is 582 g/mol. The van der Waals surface area contributed by atoms with Crippen LogP contribution in [0.1, 0.15) is 43.0 Å². The third kappa shape index (κ3) is 8.12. The highest BCUT2D eigenvalue weighted by Crippen LogP contribution is 2.27. The second-order valence-corrected chi connectivity index (χ2v) is 10.9. The summed E-state index contributed by atoms with van der Waals surface area (Å²) in [6.45, 7) is 0.0258. The quantitative estimate of drug-likeness (QED) is 0.251. The average molecular weight is 618 g/mol. The molecule has 5 rings (SSSR count). The third-order valence-corrected chi connectivity index (χ3v) is 7.75. The van der Waals surface area contributed by atoms with Gasteiger partial charge in [0.15, 0.2) is 0 Å². The van der Waals surface area contributed by atoms with E-state index in [1.807, 2.05) is 60.7 Å². The number of carbonyl (C=O) groups is 4. The monoisotopic (exact) mass is 617 g/mol. The molecule has 0 bridgehead atoms. The van der Waals surface area contributed by atoms with Gasteiger partial charge in [0.1, 0.15) is 37.3 Å². The van der Waals surface area contributed by atoms with E-state index in [0.717, 1.165) is 11.1 Å². The fourth-order valence-corrected chi connectivity index (χ4v) is 5.43. The van der Waals surface area contributed by atoms with Crippen molar-refractivity contribution in [1.82, 2.24) is 19.8 Å². The van der Waals surface area contributed by atoms with Gasteiger partial charge in [-0.25, -0.2) is 14.4 Å². The predicted octanol–water partition coefficient (Wildman–Crippen LogP) is 1.51. The first-order valence-corrected chi connectivity index (χ1v) is 14.8. The number of esters is 2. The summed E-state index contributed by atoms with van der Waals surface area (Å²) in [6, 6.07) is 17.9. The van der Waals surface area contributed by atoms with Crippen molar-refractivity contribution in [3.63, 3.8) is 0 Å². The normalized spacial score (nSPS) is 19.9. The Kier molecular flexibility index (Phi) is 10.2. The summed E-state index contributed by atoms with van der Waals surface area (Å²) < 4.78 is 17.9. The Morgan fingerprint density at radius 2 is 1.67 bits per heavy atom. The van der Waals surface area contributed by atoms with Gasteiger partial charge in [-0.3, -0.25) is 14.2 Å². The van der Waals surface area contributed by atoms with Crippen molar-refractivity contribution in [2.75, 3.05) is 18.9 Å². The average Bonchev–Trinajstić information content (AvgIpc) is 3.73. The molecule has 3 heterocycles. The number of amides is 2. The van der Waals surface area contributed by atoms with Gasteiger partial charge in [0, 0.05) is 19.2 Å². The minimum Gasteiger partial charge on any atom is -0.459 e. The minimum absolute atomic E-state index is 0.0414. The molecule has 3 N–H and O–H groups in total. The van der Waals surface area contributed by atoms with E-state index < -0.39 is 53.9 Å². The second kappa shape index (κ2) is 14.6. The first-order chi connectivity index (χ1) is 21.8. The van der Waals surface area contributed by atoms with Gasteiger partial charge in [-0.2, -0.15) is 4.98 Å². The maximum Gasteiger partial charge on any atom is 0.397 e. The lowest BCUT2D eigenvalue weighted by molar-refractivity contribution is -0.164. The molecule has 0 saturated carbocycles. The first kappa shape index (κ1) is 31.4. The van der Waals surface area contributed by atoms with E-state index in [9.17, 15) is 24.0 Å². The van der Waals surface area contributed by atoms with Crippen molar-refractivity contribution in [1.29, 1.82) is 0 Å². The predicted molar refractivity (Wildman–Crippen MR) is 160 cm³/mol. The van der Waals surface area contributed by atoms with Gasteiger partial charge < -0.3 is 30.2 Å². The van der Waals surface area contributed by atoms with Crippen LogP contribution in [0.25, 0.3) is 0 Å². The molecule has 2 aliphatic rings. The van der Waals surface area contributed by atoms with Gasteiger partial charge in [-0.05, 0) is 42.9 Å². The van der Waals surface area contributed by atoms with Gasteiger partial charge in [-0.1, -0.05) is 60.7 Å². The number of rotatable bonds is 10. The molecule has 0 spiro atoms. The summed E-state index contributed by atoms with van der Waals surface area (Å²) in [4.78, 5) is 69.3. The Morgan fingerprint density at radius 3 is 2.38 bits per heavy atom. The second-order valence-electron chi connectivity index (χ2n) is 10.9. The highest BCUT2D eigenvalue weighted by Gasteiger charge is 2.39. The van der Waals surface area contributed by atoms with Crippen molar-refractivity contribution in [2.24, 2.45) is 0 Å². The molecule has 0 radical (unpaired) electrons. The van der Waals surface area contributed by atoms with Crippen molar-refractivity contribution in [3.8, 4) is 0 Å². The number of nitrogen functional groups attached to an aromatic ring is 1. The molecule has 2 aliphatic heterocycles. The van der Waals surface area contributed by atoms with E-state index in [4.69, 9.17) is 19.9 Å². The molecule has 0 aliphatic carbocycles. The maximum atomic E-state index is 13.4. The summed E-state index contributed by atoms with van der Waals surface area (Å²) in [6.07, 6.45) is 2.32. The lowest BCUT2D eigenvalue weighted by atomic mass is 10.1. The summed E-state index contributed by atoms with van der Waals surface area (Å²) in [5.41, 5.74) is 6.60. The van der Waals surface area contributed by atoms with E-state index in [0.29, 0.717) is 25.7 Å². The fraction of sp³-hybridized carbons (Fsp3) is 0.375. The number of nitrogens with zero attached hydrogens (tertiary/aromatic N) is 3. The number of hydrogen-bond donors (Lipinski definition) is 2. The van der Waals surface area contributed by atoms with Crippen molar-refractivity contribution in [2.45, 2.75) is 63.1 Å². The van der Waals surface area contributed by atoms with Gasteiger partial charge in [-0.15, -0.1) is 0 Å². The molecule has 4 atom stereocenters. The Hall–Kier alpha value is -5.04. The lowest BCUT2D eigenvalue weighted by Crippen LogP contribution is -2.53. The summed E-state index contributed by atoms with van der Waals surface area (Å²) in [5, 5.41) is 2.75. The van der Waals surface area contributed by atoms with Crippen molar-refractivity contribution in [3.05, 3.63) is 94.5 Å². The van der Waals surface area contributed by atoms with Crippen LogP contribution in [0.5, 0.6) is 0 Å². The molecule has 2 fully saturated rings. The number of anilines is 1. The van der Waals surface area contributed by atoms with Crippen LogP contribution in [0.2, 0.25) is 0 Å². The topological polar surface area (TPSA) is 172 Å².